The minimum Gasteiger partial charge on any atom is -0.447 e. The first kappa shape index (κ1) is 16.1. The van der Waals surface area contributed by atoms with E-state index in [0.29, 0.717) is 0 Å². The van der Waals surface area contributed by atoms with Crippen molar-refractivity contribution < 1.29 is 19.7 Å². The number of aliphatic imine (C=N–C) groups is 2. The molecule has 1 spiro atoms. The molecule has 0 radical (unpaired) electrons. The van der Waals surface area contributed by atoms with Crippen LogP contribution >= 0.6 is 0 Å². The molecule has 1 saturated heterocycles. The number of aliphatic hydroxyl groups is 2. The summed E-state index contributed by atoms with van der Waals surface area (Å²) in [7, 11) is 0. The van der Waals surface area contributed by atoms with Gasteiger partial charge in [-0.2, -0.15) is 0 Å². The first-order valence-corrected chi connectivity index (χ1v) is 6.37. The summed E-state index contributed by atoms with van der Waals surface area (Å²) in [4.78, 5) is 20.6. The molecule has 11 heteroatoms. The van der Waals surface area contributed by atoms with Gasteiger partial charge >= 0.3 is 6.09 Å². The van der Waals surface area contributed by atoms with E-state index in [2.05, 4.69) is 15.3 Å². The number of guanidine groups is 2. The van der Waals surface area contributed by atoms with Gasteiger partial charge in [-0.15, -0.1) is 0 Å². The molecular formula is C11H21N7O4. The maximum Gasteiger partial charge on any atom is 0.404 e. The van der Waals surface area contributed by atoms with Crippen LogP contribution in [-0.2, 0) is 4.74 Å². The Balaban J connectivity index is 0.00000176. The molecule has 0 unspecified atom stereocenters. The van der Waals surface area contributed by atoms with Crippen LogP contribution in [0.15, 0.2) is 9.98 Å². The number of rotatable bonds is 2. The zero-order valence-electron chi connectivity index (χ0n) is 11.1. The van der Waals surface area contributed by atoms with Gasteiger partial charge in [-0.3, -0.25) is 0 Å². The smallest absolute Gasteiger partial charge is 0.404 e. The van der Waals surface area contributed by atoms with Crippen molar-refractivity contribution in [3.8, 4) is 0 Å². The Labute approximate surface area is 126 Å². The van der Waals surface area contributed by atoms with E-state index in [1.165, 1.54) is 4.90 Å². The molecule has 0 aromatic carbocycles. The number of nitrogens with one attached hydrogen (secondary N) is 1. The predicted molar refractivity (Wildman–Crippen MR) is 77.4 cm³/mol. The molecule has 9 N–H and O–H groups in total. The summed E-state index contributed by atoms with van der Waals surface area (Å²) in [6.07, 6.45) is -0.923. The number of carbonyl (C=O) groups is 1. The van der Waals surface area contributed by atoms with E-state index in [4.69, 9.17) is 21.9 Å². The molecule has 3 rings (SSSR count). The minimum atomic E-state index is -2.12. The van der Waals surface area contributed by atoms with Crippen molar-refractivity contribution in [1.29, 1.82) is 0 Å². The Hall–Kier alpha value is -2.27. The summed E-state index contributed by atoms with van der Waals surface area (Å²) in [6.45, 7) is 0.0862. The number of ether oxygens (including phenoxy) is 1. The van der Waals surface area contributed by atoms with Gasteiger partial charge < -0.3 is 42.4 Å². The lowest BCUT2D eigenvalue weighted by Crippen LogP contribution is -2.76. The van der Waals surface area contributed by atoms with Gasteiger partial charge in [-0.1, -0.05) is 7.43 Å². The van der Waals surface area contributed by atoms with Crippen LogP contribution in [-0.4, -0.2) is 69.8 Å². The van der Waals surface area contributed by atoms with Gasteiger partial charge in [0.25, 0.3) is 0 Å². The van der Waals surface area contributed by atoms with Crippen LogP contribution in [0.5, 0.6) is 0 Å². The number of amides is 1. The molecule has 3 heterocycles. The second-order valence-electron chi connectivity index (χ2n) is 5.25. The van der Waals surface area contributed by atoms with Gasteiger partial charge in [0.2, 0.25) is 5.79 Å². The molecule has 0 aromatic rings. The highest BCUT2D eigenvalue weighted by molar-refractivity contribution is 5.87. The number of carbonyl (C=O) groups excluding carboxylic acids is 1. The zero-order valence-corrected chi connectivity index (χ0v) is 11.1. The van der Waals surface area contributed by atoms with Crippen molar-refractivity contribution in [1.82, 2.24) is 10.2 Å². The number of primary amides is 1. The van der Waals surface area contributed by atoms with E-state index in [0.717, 1.165) is 0 Å². The maximum absolute atomic E-state index is 10.8. The van der Waals surface area contributed by atoms with E-state index in [1.54, 1.807) is 0 Å². The van der Waals surface area contributed by atoms with Crippen LogP contribution in [0.3, 0.4) is 0 Å². The average molecular weight is 315 g/mol. The lowest BCUT2D eigenvalue weighted by atomic mass is 9.87. The fourth-order valence-electron chi connectivity index (χ4n) is 3.23. The van der Waals surface area contributed by atoms with Crippen LogP contribution in [0.2, 0.25) is 0 Å². The fraction of sp³-hybridized carbons (Fsp3) is 0.727. The highest BCUT2D eigenvalue weighted by atomic mass is 16.5. The molecule has 3 aliphatic heterocycles. The van der Waals surface area contributed by atoms with Gasteiger partial charge in [-0.05, 0) is 0 Å². The van der Waals surface area contributed by atoms with Crippen molar-refractivity contribution in [3.05, 3.63) is 0 Å². The standard InChI is InChI=1S/C10H17N7O4.CH4/c11-6-15-5-4(3-21-8(13)18)14-7(12)17-2-1-9(19,20)10(5,17)16-6;/h4-5,19-20H,1-3H2,(H2,12,14)(H2,13,18)(H3,11,15,16);1H4/t4-,5-,10-;/m0./s1. The maximum atomic E-state index is 10.8. The van der Waals surface area contributed by atoms with Crippen LogP contribution in [0.25, 0.3) is 0 Å². The Kier molecular flexibility index (Phi) is 3.57. The monoisotopic (exact) mass is 315 g/mol. The van der Waals surface area contributed by atoms with E-state index in [9.17, 15) is 15.0 Å². The molecule has 0 aliphatic carbocycles. The highest BCUT2D eigenvalue weighted by Crippen LogP contribution is 2.44. The molecule has 0 saturated carbocycles. The number of nitrogens with zero attached hydrogens (tertiary/aromatic N) is 3. The Morgan fingerprint density at radius 3 is 2.77 bits per heavy atom. The summed E-state index contributed by atoms with van der Waals surface area (Å²) in [5.74, 6) is -1.99. The van der Waals surface area contributed by atoms with E-state index >= 15 is 0 Å². The molecular weight excluding hydrogens is 294 g/mol. The predicted octanol–water partition coefficient (Wildman–Crippen LogP) is -3.22. The van der Waals surface area contributed by atoms with E-state index in [-0.39, 0.29) is 38.9 Å². The molecule has 3 atom stereocenters. The molecule has 124 valence electrons. The average Bonchev–Trinajstić information content (AvgIpc) is 2.85. The van der Waals surface area contributed by atoms with Crippen LogP contribution in [0.4, 0.5) is 4.79 Å². The Bertz CT molecular complexity index is 549. The second kappa shape index (κ2) is 4.88. The molecule has 11 nitrogen and oxygen atoms in total. The first-order valence-electron chi connectivity index (χ1n) is 6.37. The highest BCUT2D eigenvalue weighted by Gasteiger charge is 2.69. The van der Waals surface area contributed by atoms with Gasteiger partial charge in [0.1, 0.15) is 18.7 Å². The first-order chi connectivity index (χ1) is 9.78. The summed E-state index contributed by atoms with van der Waals surface area (Å²) < 4.78 is 4.74. The molecule has 22 heavy (non-hydrogen) atoms. The van der Waals surface area contributed by atoms with Gasteiger partial charge in [0, 0.05) is 13.0 Å². The molecule has 1 amide bonds. The lowest BCUT2D eigenvalue weighted by molar-refractivity contribution is -0.221. The van der Waals surface area contributed by atoms with Crippen molar-refractivity contribution in [2.45, 2.75) is 37.4 Å². The van der Waals surface area contributed by atoms with E-state index < -0.39 is 29.6 Å². The van der Waals surface area contributed by atoms with Gasteiger partial charge in [-0.25, -0.2) is 14.8 Å². The summed E-state index contributed by atoms with van der Waals surface area (Å²) in [5, 5.41) is 23.5. The summed E-state index contributed by atoms with van der Waals surface area (Å²) in [5.41, 5.74) is 15.1. The fourth-order valence-corrected chi connectivity index (χ4v) is 3.23. The SMILES string of the molecule is C.NC(=O)OC[C@@H]1N=C(N)N2CCC(O)(O)[C@@]23NC(N)=N[C@@H]13. The molecule has 0 bridgehead atoms. The van der Waals surface area contributed by atoms with Crippen molar-refractivity contribution >= 4 is 18.0 Å². The summed E-state index contributed by atoms with van der Waals surface area (Å²) >= 11 is 0. The molecule has 3 aliphatic rings. The van der Waals surface area contributed by atoms with Crippen LogP contribution in [0, 0.1) is 0 Å². The largest absolute Gasteiger partial charge is 0.447 e. The number of hydrogen-bond acceptors (Lipinski definition) is 10. The van der Waals surface area contributed by atoms with Crippen molar-refractivity contribution in [2.24, 2.45) is 27.2 Å². The Morgan fingerprint density at radius 1 is 1.45 bits per heavy atom. The van der Waals surface area contributed by atoms with Crippen LogP contribution in [0.1, 0.15) is 13.8 Å². The number of nitrogens with two attached hydrogens (primary N) is 3. The summed E-state index contributed by atoms with van der Waals surface area (Å²) in [6, 6.07) is -1.50. The topological polar surface area (TPSA) is 185 Å². The minimum absolute atomic E-state index is 0. The lowest BCUT2D eigenvalue weighted by Gasteiger charge is -2.48. The third-order valence-corrected chi connectivity index (χ3v) is 4.08. The molecule has 0 aromatic heterocycles. The quantitative estimate of drug-likeness (QED) is 0.287. The normalized spacial score (nSPS) is 34.5. The van der Waals surface area contributed by atoms with Gasteiger partial charge in [0.15, 0.2) is 17.6 Å². The zero-order chi connectivity index (χ0) is 15.4. The third-order valence-electron chi connectivity index (χ3n) is 4.08. The van der Waals surface area contributed by atoms with E-state index in [1.807, 2.05) is 0 Å². The second-order valence-corrected chi connectivity index (χ2v) is 5.25. The molecule has 1 fully saturated rings. The Morgan fingerprint density at radius 2 is 2.14 bits per heavy atom. The van der Waals surface area contributed by atoms with Gasteiger partial charge in [0.05, 0.1) is 0 Å². The van der Waals surface area contributed by atoms with Crippen LogP contribution < -0.4 is 22.5 Å². The number of hydrogen-bond donors (Lipinski definition) is 6. The van der Waals surface area contributed by atoms with Crippen molar-refractivity contribution in [2.75, 3.05) is 13.2 Å². The van der Waals surface area contributed by atoms with Crippen molar-refractivity contribution in [3.63, 3.8) is 0 Å². The third kappa shape index (κ3) is 1.93.